The van der Waals surface area contributed by atoms with Crippen molar-refractivity contribution in [2.45, 2.75) is 45.7 Å². The second-order valence-electron chi connectivity index (χ2n) is 5.73. The van der Waals surface area contributed by atoms with Crippen molar-refractivity contribution in [2.24, 2.45) is 11.1 Å². The third-order valence-corrected chi connectivity index (χ3v) is 4.39. The molecule has 1 saturated carbocycles. The number of rotatable bonds is 4. The standard InChI is InChI=1S/C15H21N3/c1-3-18-12-7-5-4-6-11(12)17-14(18)10-13(16)15(2)8-9-15/h4-7,13H,3,8-10,16H2,1-2H3. The van der Waals surface area contributed by atoms with E-state index in [9.17, 15) is 0 Å². The molecule has 3 heteroatoms. The summed E-state index contributed by atoms with van der Waals surface area (Å²) in [5.41, 5.74) is 9.01. The van der Waals surface area contributed by atoms with Crippen molar-refractivity contribution in [3.05, 3.63) is 30.1 Å². The summed E-state index contributed by atoms with van der Waals surface area (Å²) in [7, 11) is 0. The third kappa shape index (κ3) is 1.83. The molecule has 1 aliphatic carbocycles. The van der Waals surface area contributed by atoms with Gasteiger partial charge in [-0.25, -0.2) is 4.98 Å². The van der Waals surface area contributed by atoms with Gasteiger partial charge in [0, 0.05) is 19.0 Å². The lowest BCUT2D eigenvalue weighted by molar-refractivity contribution is 0.421. The Bertz CT molecular complexity index is 566. The van der Waals surface area contributed by atoms with Gasteiger partial charge in [0.1, 0.15) is 5.82 Å². The predicted molar refractivity (Wildman–Crippen MR) is 74.4 cm³/mol. The Morgan fingerprint density at radius 1 is 1.39 bits per heavy atom. The molecule has 0 amide bonds. The van der Waals surface area contributed by atoms with E-state index in [1.54, 1.807) is 0 Å². The van der Waals surface area contributed by atoms with E-state index in [2.05, 4.69) is 36.6 Å². The van der Waals surface area contributed by atoms with Crippen LogP contribution in [0.15, 0.2) is 24.3 Å². The Morgan fingerprint density at radius 2 is 2.11 bits per heavy atom. The lowest BCUT2D eigenvalue weighted by Crippen LogP contribution is -2.33. The van der Waals surface area contributed by atoms with Crippen LogP contribution in [0.5, 0.6) is 0 Å². The lowest BCUT2D eigenvalue weighted by Gasteiger charge is -2.18. The molecule has 0 bridgehead atoms. The topological polar surface area (TPSA) is 43.8 Å². The van der Waals surface area contributed by atoms with Crippen molar-refractivity contribution in [3.63, 3.8) is 0 Å². The predicted octanol–water partition coefficient (Wildman–Crippen LogP) is 2.73. The molecule has 1 unspecified atom stereocenters. The van der Waals surface area contributed by atoms with Gasteiger partial charge in [-0.15, -0.1) is 0 Å². The number of aromatic nitrogens is 2. The first-order valence-electron chi connectivity index (χ1n) is 6.84. The summed E-state index contributed by atoms with van der Waals surface area (Å²) in [5, 5.41) is 0. The molecule has 1 aliphatic rings. The Balaban J connectivity index is 1.95. The summed E-state index contributed by atoms with van der Waals surface area (Å²) >= 11 is 0. The minimum Gasteiger partial charge on any atom is -0.328 e. The van der Waals surface area contributed by atoms with Crippen molar-refractivity contribution >= 4 is 11.0 Å². The minimum absolute atomic E-state index is 0.236. The average Bonchev–Trinajstić information content (AvgIpc) is 3.02. The zero-order valence-electron chi connectivity index (χ0n) is 11.2. The van der Waals surface area contributed by atoms with Crippen LogP contribution in [-0.4, -0.2) is 15.6 Å². The van der Waals surface area contributed by atoms with E-state index in [1.807, 2.05) is 6.07 Å². The number of nitrogens with two attached hydrogens (primary N) is 1. The highest BCUT2D eigenvalue weighted by Crippen LogP contribution is 2.48. The summed E-state index contributed by atoms with van der Waals surface area (Å²) in [6.07, 6.45) is 3.42. The van der Waals surface area contributed by atoms with Gasteiger partial charge in [-0.1, -0.05) is 19.1 Å². The number of imidazole rings is 1. The molecule has 2 N–H and O–H groups in total. The van der Waals surface area contributed by atoms with Crippen molar-refractivity contribution < 1.29 is 0 Å². The van der Waals surface area contributed by atoms with Gasteiger partial charge in [0.05, 0.1) is 11.0 Å². The maximum atomic E-state index is 6.34. The number of para-hydroxylation sites is 2. The molecule has 1 aromatic carbocycles. The molecule has 0 radical (unpaired) electrons. The molecule has 1 fully saturated rings. The highest BCUT2D eigenvalue weighted by atomic mass is 15.1. The van der Waals surface area contributed by atoms with Gasteiger partial charge in [0.25, 0.3) is 0 Å². The van der Waals surface area contributed by atoms with E-state index >= 15 is 0 Å². The zero-order valence-corrected chi connectivity index (χ0v) is 11.2. The molecule has 0 saturated heterocycles. The third-order valence-electron chi connectivity index (χ3n) is 4.39. The number of fused-ring (bicyclic) bond motifs is 1. The van der Waals surface area contributed by atoms with Crippen LogP contribution in [0.3, 0.4) is 0 Å². The van der Waals surface area contributed by atoms with Crippen molar-refractivity contribution in [1.29, 1.82) is 0 Å². The maximum absolute atomic E-state index is 6.34. The molecule has 0 aliphatic heterocycles. The second-order valence-corrected chi connectivity index (χ2v) is 5.73. The molecular formula is C15H21N3. The number of nitrogens with zero attached hydrogens (tertiary/aromatic N) is 2. The monoisotopic (exact) mass is 243 g/mol. The molecule has 96 valence electrons. The van der Waals surface area contributed by atoms with Crippen molar-refractivity contribution in [1.82, 2.24) is 9.55 Å². The van der Waals surface area contributed by atoms with Crippen molar-refractivity contribution in [2.75, 3.05) is 0 Å². The summed E-state index contributed by atoms with van der Waals surface area (Å²) in [6, 6.07) is 8.57. The highest BCUT2D eigenvalue weighted by molar-refractivity contribution is 5.75. The molecule has 1 heterocycles. The molecule has 3 rings (SSSR count). The van der Waals surface area contributed by atoms with Crippen LogP contribution in [0.1, 0.15) is 32.5 Å². The van der Waals surface area contributed by atoms with Crippen LogP contribution in [-0.2, 0) is 13.0 Å². The number of aryl methyl sites for hydroxylation is 1. The van der Waals surface area contributed by atoms with Crippen LogP contribution in [0.2, 0.25) is 0 Å². The van der Waals surface area contributed by atoms with Crippen LogP contribution in [0, 0.1) is 5.41 Å². The SMILES string of the molecule is CCn1c(CC(N)C2(C)CC2)nc2ccccc21. The summed E-state index contributed by atoms with van der Waals surface area (Å²) in [6.45, 7) is 5.41. The zero-order chi connectivity index (χ0) is 12.8. The fourth-order valence-corrected chi connectivity index (χ4v) is 2.65. The van der Waals surface area contributed by atoms with Gasteiger partial charge in [0.2, 0.25) is 0 Å². The van der Waals surface area contributed by atoms with E-state index in [1.165, 1.54) is 18.4 Å². The molecule has 0 spiro atoms. The minimum atomic E-state index is 0.236. The highest BCUT2D eigenvalue weighted by Gasteiger charge is 2.43. The van der Waals surface area contributed by atoms with E-state index in [0.717, 1.165) is 24.3 Å². The van der Waals surface area contributed by atoms with Crippen LogP contribution in [0.4, 0.5) is 0 Å². The first-order valence-corrected chi connectivity index (χ1v) is 6.84. The quantitative estimate of drug-likeness (QED) is 0.897. The molecule has 1 aromatic heterocycles. The summed E-state index contributed by atoms with van der Waals surface area (Å²) in [4.78, 5) is 4.75. The van der Waals surface area contributed by atoms with Gasteiger partial charge in [0.15, 0.2) is 0 Å². The largest absolute Gasteiger partial charge is 0.328 e. The molecule has 2 aromatic rings. The summed E-state index contributed by atoms with van der Waals surface area (Å²) in [5.74, 6) is 1.14. The van der Waals surface area contributed by atoms with Gasteiger partial charge in [-0.3, -0.25) is 0 Å². The fraction of sp³-hybridized carbons (Fsp3) is 0.533. The first-order chi connectivity index (χ1) is 8.64. The van der Waals surface area contributed by atoms with Crippen LogP contribution < -0.4 is 5.73 Å². The maximum Gasteiger partial charge on any atom is 0.111 e. The van der Waals surface area contributed by atoms with Crippen LogP contribution in [0.25, 0.3) is 11.0 Å². The Morgan fingerprint density at radius 3 is 2.78 bits per heavy atom. The van der Waals surface area contributed by atoms with Crippen molar-refractivity contribution in [3.8, 4) is 0 Å². The number of benzene rings is 1. The number of hydrogen-bond acceptors (Lipinski definition) is 2. The molecular weight excluding hydrogens is 222 g/mol. The Kier molecular flexibility index (Phi) is 2.67. The molecule has 3 nitrogen and oxygen atoms in total. The average molecular weight is 243 g/mol. The van der Waals surface area contributed by atoms with E-state index in [-0.39, 0.29) is 6.04 Å². The number of hydrogen-bond donors (Lipinski definition) is 1. The van der Waals surface area contributed by atoms with E-state index in [4.69, 9.17) is 10.7 Å². The second kappa shape index (κ2) is 4.09. The Labute approximate surface area is 108 Å². The van der Waals surface area contributed by atoms with Gasteiger partial charge >= 0.3 is 0 Å². The fourth-order valence-electron chi connectivity index (χ4n) is 2.65. The van der Waals surface area contributed by atoms with Crippen LogP contribution >= 0.6 is 0 Å². The summed E-state index contributed by atoms with van der Waals surface area (Å²) < 4.78 is 2.29. The van der Waals surface area contributed by atoms with Gasteiger partial charge in [-0.05, 0) is 37.3 Å². The molecule has 1 atom stereocenters. The normalized spacial score (nSPS) is 19.1. The van der Waals surface area contributed by atoms with Gasteiger partial charge < -0.3 is 10.3 Å². The Hall–Kier alpha value is -1.35. The van der Waals surface area contributed by atoms with Gasteiger partial charge in [-0.2, -0.15) is 0 Å². The lowest BCUT2D eigenvalue weighted by atomic mass is 9.96. The van der Waals surface area contributed by atoms with E-state index < -0.39 is 0 Å². The first kappa shape index (κ1) is 11.7. The van der Waals surface area contributed by atoms with E-state index in [0.29, 0.717) is 5.41 Å². The molecule has 18 heavy (non-hydrogen) atoms. The smallest absolute Gasteiger partial charge is 0.111 e.